The van der Waals surface area contributed by atoms with Gasteiger partial charge in [0.2, 0.25) is 0 Å². The number of carbonyl (C=O) groups is 1. The third-order valence-electron chi connectivity index (χ3n) is 4.31. The number of alkyl halides is 1. The average Bonchev–Trinajstić information content (AvgIpc) is 2.55. The van der Waals surface area contributed by atoms with E-state index in [9.17, 15) is 9.18 Å². The first-order chi connectivity index (χ1) is 10.3. The van der Waals surface area contributed by atoms with Gasteiger partial charge >= 0.3 is 6.03 Å². The summed E-state index contributed by atoms with van der Waals surface area (Å²) in [5.41, 5.74) is 1.29. The number of amides is 2. The Balaban J connectivity index is 1.97. The lowest BCUT2D eigenvalue weighted by atomic mass is 9.77. The van der Waals surface area contributed by atoms with Crippen molar-refractivity contribution in [3.05, 3.63) is 35.9 Å². The molecule has 1 aromatic rings. The van der Waals surface area contributed by atoms with E-state index in [2.05, 4.69) is 22.8 Å². The van der Waals surface area contributed by atoms with Crippen molar-refractivity contribution in [2.24, 2.45) is 5.92 Å². The molecular weight excluding hydrogens is 267 g/mol. The van der Waals surface area contributed by atoms with Crippen LogP contribution in [0.3, 0.4) is 0 Å². The minimum atomic E-state index is -0.530. The fraction of sp³-hybridized carbons (Fsp3) is 0.588. The van der Waals surface area contributed by atoms with Crippen LogP contribution in [0.1, 0.15) is 43.6 Å². The first kappa shape index (κ1) is 15.8. The molecular formula is C17H25FN2O. The van der Waals surface area contributed by atoms with Gasteiger partial charge in [0.1, 0.15) is 6.67 Å². The van der Waals surface area contributed by atoms with Gasteiger partial charge < -0.3 is 10.6 Å². The van der Waals surface area contributed by atoms with Crippen LogP contribution in [0.5, 0.6) is 0 Å². The lowest BCUT2D eigenvalue weighted by Gasteiger charge is -2.31. The van der Waals surface area contributed by atoms with Gasteiger partial charge in [-0.3, -0.25) is 0 Å². The van der Waals surface area contributed by atoms with E-state index in [0.29, 0.717) is 18.4 Å². The highest BCUT2D eigenvalue weighted by atomic mass is 19.1. The summed E-state index contributed by atoms with van der Waals surface area (Å²) in [6.45, 7) is 0.163. The van der Waals surface area contributed by atoms with Crippen LogP contribution in [0, 0.1) is 5.92 Å². The van der Waals surface area contributed by atoms with E-state index in [1.54, 1.807) is 0 Å². The monoisotopic (exact) mass is 292 g/mol. The van der Waals surface area contributed by atoms with Crippen LogP contribution in [0.25, 0.3) is 0 Å². The van der Waals surface area contributed by atoms with Crippen molar-refractivity contribution in [1.29, 1.82) is 0 Å². The lowest BCUT2D eigenvalue weighted by molar-refractivity contribution is 0.235. The Morgan fingerprint density at radius 2 is 1.86 bits per heavy atom. The number of carbonyl (C=O) groups excluding carboxylic acids is 1. The van der Waals surface area contributed by atoms with Crippen molar-refractivity contribution in [2.75, 3.05) is 19.8 Å². The number of hydrogen-bond donors (Lipinski definition) is 2. The van der Waals surface area contributed by atoms with Gasteiger partial charge in [0, 0.05) is 19.0 Å². The maximum absolute atomic E-state index is 12.1. The molecule has 1 unspecified atom stereocenters. The number of nitrogens with one attached hydrogen (secondary N) is 2. The average molecular weight is 292 g/mol. The first-order valence-electron chi connectivity index (χ1n) is 7.94. The van der Waals surface area contributed by atoms with Crippen molar-refractivity contribution in [2.45, 2.75) is 38.0 Å². The fourth-order valence-electron chi connectivity index (χ4n) is 3.22. The zero-order chi connectivity index (χ0) is 14.9. The highest BCUT2D eigenvalue weighted by molar-refractivity contribution is 5.73. The third-order valence-corrected chi connectivity index (χ3v) is 4.31. The SMILES string of the molecule is O=C(NCCF)NCC(c1ccccc1)C1CCCCC1. The van der Waals surface area contributed by atoms with Crippen LogP contribution >= 0.6 is 0 Å². The molecule has 0 radical (unpaired) electrons. The molecule has 0 aromatic heterocycles. The fourth-order valence-corrected chi connectivity index (χ4v) is 3.22. The van der Waals surface area contributed by atoms with E-state index < -0.39 is 6.67 Å². The number of hydrogen-bond acceptors (Lipinski definition) is 1. The molecule has 1 atom stereocenters. The Hall–Kier alpha value is -1.58. The van der Waals surface area contributed by atoms with Crippen LogP contribution in [0.15, 0.2) is 30.3 Å². The molecule has 1 aromatic carbocycles. The van der Waals surface area contributed by atoms with Gasteiger partial charge in [0.15, 0.2) is 0 Å². The van der Waals surface area contributed by atoms with Gasteiger partial charge in [-0.2, -0.15) is 0 Å². The quantitative estimate of drug-likeness (QED) is 0.826. The van der Waals surface area contributed by atoms with E-state index in [-0.39, 0.29) is 12.6 Å². The number of halogens is 1. The molecule has 2 amide bonds. The Morgan fingerprint density at radius 1 is 1.14 bits per heavy atom. The number of benzene rings is 1. The van der Waals surface area contributed by atoms with E-state index in [4.69, 9.17) is 0 Å². The second-order valence-electron chi connectivity index (χ2n) is 5.74. The van der Waals surface area contributed by atoms with Crippen LogP contribution in [-0.4, -0.2) is 25.8 Å². The minimum absolute atomic E-state index is 0.0747. The molecule has 116 valence electrons. The van der Waals surface area contributed by atoms with E-state index in [1.165, 1.54) is 37.7 Å². The molecule has 2 N–H and O–H groups in total. The van der Waals surface area contributed by atoms with Crippen LogP contribution in [-0.2, 0) is 0 Å². The molecule has 3 nitrogen and oxygen atoms in total. The number of urea groups is 1. The van der Waals surface area contributed by atoms with Crippen LogP contribution in [0.2, 0.25) is 0 Å². The maximum Gasteiger partial charge on any atom is 0.314 e. The molecule has 21 heavy (non-hydrogen) atoms. The van der Waals surface area contributed by atoms with Gasteiger partial charge in [-0.1, -0.05) is 49.6 Å². The molecule has 0 aliphatic heterocycles. The molecule has 1 saturated carbocycles. The van der Waals surface area contributed by atoms with Crippen LogP contribution < -0.4 is 10.6 Å². The largest absolute Gasteiger partial charge is 0.338 e. The van der Waals surface area contributed by atoms with Crippen LogP contribution in [0.4, 0.5) is 9.18 Å². The molecule has 0 heterocycles. The summed E-state index contributed by atoms with van der Waals surface area (Å²) in [6.07, 6.45) is 6.34. The summed E-state index contributed by atoms with van der Waals surface area (Å²) < 4.78 is 12.1. The summed E-state index contributed by atoms with van der Waals surface area (Å²) >= 11 is 0. The molecule has 1 fully saturated rings. The third kappa shape index (κ3) is 5.03. The standard InChI is InChI=1S/C17H25FN2O/c18-11-12-19-17(21)20-13-16(14-7-3-1-4-8-14)15-9-5-2-6-10-15/h1,3-4,7-8,15-16H,2,5-6,9-13H2,(H2,19,20,21). The van der Waals surface area contributed by atoms with E-state index in [0.717, 1.165) is 0 Å². The Morgan fingerprint density at radius 3 is 2.52 bits per heavy atom. The van der Waals surface area contributed by atoms with Gasteiger partial charge in [0.05, 0.1) is 0 Å². The molecule has 1 aliphatic rings. The highest BCUT2D eigenvalue weighted by Crippen LogP contribution is 2.35. The topological polar surface area (TPSA) is 41.1 Å². The van der Waals surface area contributed by atoms with Gasteiger partial charge in [-0.25, -0.2) is 9.18 Å². The van der Waals surface area contributed by atoms with Gasteiger partial charge in [-0.15, -0.1) is 0 Å². The normalized spacial score (nSPS) is 17.2. The van der Waals surface area contributed by atoms with E-state index in [1.807, 2.05) is 18.2 Å². The van der Waals surface area contributed by atoms with Crippen molar-refractivity contribution < 1.29 is 9.18 Å². The zero-order valence-corrected chi connectivity index (χ0v) is 12.5. The lowest BCUT2D eigenvalue weighted by Crippen LogP contribution is -2.40. The summed E-state index contributed by atoms with van der Waals surface area (Å²) in [6, 6.07) is 10.1. The Bertz CT molecular complexity index is 418. The maximum atomic E-state index is 12.1. The second-order valence-corrected chi connectivity index (χ2v) is 5.74. The van der Waals surface area contributed by atoms with E-state index >= 15 is 0 Å². The zero-order valence-electron chi connectivity index (χ0n) is 12.5. The highest BCUT2D eigenvalue weighted by Gasteiger charge is 2.25. The van der Waals surface area contributed by atoms with Crippen molar-refractivity contribution in [1.82, 2.24) is 10.6 Å². The Labute approximate surface area is 126 Å². The van der Waals surface area contributed by atoms with Crippen molar-refractivity contribution >= 4 is 6.03 Å². The molecule has 2 rings (SSSR count). The first-order valence-corrected chi connectivity index (χ1v) is 7.94. The van der Waals surface area contributed by atoms with Gasteiger partial charge in [-0.05, 0) is 24.3 Å². The molecule has 4 heteroatoms. The molecule has 0 saturated heterocycles. The molecule has 0 spiro atoms. The van der Waals surface area contributed by atoms with Crippen molar-refractivity contribution in [3.63, 3.8) is 0 Å². The van der Waals surface area contributed by atoms with Gasteiger partial charge in [0.25, 0.3) is 0 Å². The smallest absolute Gasteiger partial charge is 0.314 e. The van der Waals surface area contributed by atoms with Crippen molar-refractivity contribution in [3.8, 4) is 0 Å². The molecule has 1 aliphatic carbocycles. The predicted molar refractivity (Wildman–Crippen MR) is 83.1 cm³/mol. The second kappa shape index (κ2) is 8.65. The summed E-state index contributed by atoms with van der Waals surface area (Å²) in [5, 5.41) is 5.41. The predicted octanol–water partition coefficient (Wildman–Crippen LogP) is 3.62. The summed E-state index contributed by atoms with van der Waals surface area (Å²) in [4.78, 5) is 11.6. The summed E-state index contributed by atoms with van der Waals surface area (Å²) in [5.74, 6) is 0.977. The molecule has 0 bridgehead atoms. The Kier molecular flexibility index (Phi) is 6.51. The summed E-state index contributed by atoms with van der Waals surface area (Å²) in [7, 11) is 0. The number of rotatable bonds is 6. The minimum Gasteiger partial charge on any atom is -0.338 e.